The number of pyridine rings is 1. The number of phenols is 1. The van der Waals surface area contributed by atoms with Crippen LogP contribution in [-0.4, -0.2) is 87.3 Å². The van der Waals surface area contributed by atoms with E-state index in [0.717, 1.165) is 12.8 Å². The summed E-state index contributed by atoms with van der Waals surface area (Å²) in [7, 11) is 0. The maximum atomic E-state index is 15.0. The lowest BCUT2D eigenvalue weighted by Gasteiger charge is -2.40. The smallest absolute Gasteiger partial charge is 0.261 e. The van der Waals surface area contributed by atoms with E-state index in [0.29, 0.717) is 32.5 Å². The second kappa shape index (κ2) is 10.5. The number of nitrogens with zero attached hydrogens (tertiary/aromatic N) is 4. The summed E-state index contributed by atoms with van der Waals surface area (Å²) < 4.78 is 21.2. The SMILES string of the molecule is CCCCC(=O)N1CCN2C(=O)c3c(N4CC(O)CC4(C)C)nc(-c4c(O)cccc4F)c(Cl)c3OC[C@H]2C1. The molecule has 1 aromatic carbocycles. The molecule has 11 heteroatoms. The van der Waals surface area contributed by atoms with Gasteiger partial charge in [-0.05, 0) is 38.8 Å². The number of carbonyl (C=O) groups is 2. The first-order chi connectivity index (χ1) is 18.5. The van der Waals surface area contributed by atoms with Crippen LogP contribution < -0.4 is 9.64 Å². The maximum Gasteiger partial charge on any atom is 0.261 e. The number of β-amino-alcohol motifs (C(OH)–C–C–N with tert-alkyl or cyclic N) is 1. The minimum absolute atomic E-state index is 0.0521. The Bertz CT molecular complexity index is 1280. The molecule has 0 bridgehead atoms. The van der Waals surface area contributed by atoms with Crippen LogP contribution >= 0.6 is 11.6 Å². The monoisotopic (exact) mass is 560 g/mol. The molecule has 0 radical (unpaired) electrons. The van der Waals surface area contributed by atoms with Crippen molar-refractivity contribution >= 4 is 29.2 Å². The van der Waals surface area contributed by atoms with Crippen molar-refractivity contribution in [3.05, 3.63) is 34.6 Å². The first-order valence-corrected chi connectivity index (χ1v) is 13.8. The number of phenolic OH excluding ortho intramolecular Hbond substituents is 1. The van der Waals surface area contributed by atoms with E-state index < -0.39 is 23.5 Å². The van der Waals surface area contributed by atoms with Crippen molar-refractivity contribution in [3.8, 4) is 22.8 Å². The minimum Gasteiger partial charge on any atom is -0.507 e. The zero-order valence-electron chi connectivity index (χ0n) is 22.4. The van der Waals surface area contributed by atoms with Crippen LogP contribution in [0.5, 0.6) is 11.5 Å². The zero-order valence-corrected chi connectivity index (χ0v) is 23.2. The molecule has 0 aliphatic carbocycles. The number of halogens is 2. The number of amides is 2. The van der Waals surface area contributed by atoms with Gasteiger partial charge >= 0.3 is 0 Å². The summed E-state index contributed by atoms with van der Waals surface area (Å²) in [5.74, 6) is -1.11. The average molecular weight is 561 g/mol. The predicted octanol–water partition coefficient (Wildman–Crippen LogP) is 3.83. The second-order valence-corrected chi connectivity index (χ2v) is 11.5. The van der Waals surface area contributed by atoms with E-state index in [9.17, 15) is 19.8 Å². The lowest BCUT2D eigenvalue weighted by molar-refractivity contribution is -0.134. The van der Waals surface area contributed by atoms with Crippen molar-refractivity contribution < 1.29 is 28.9 Å². The summed E-state index contributed by atoms with van der Waals surface area (Å²) in [5, 5.41) is 21.0. The fourth-order valence-electron chi connectivity index (χ4n) is 5.85. The van der Waals surface area contributed by atoms with E-state index >= 15 is 4.39 Å². The molecule has 2 atom stereocenters. The molecular formula is C28H34ClFN4O5. The number of anilines is 1. The van der Waals surface area contributed by atoms with Gasteiger partial charge in [-0.2, -0.15) is 0 Å². The summed E-state index contributed by atoms with van der Waals surface area (Å²) in [6.45, 7) is 7.23. The number of benzene rings is 1. The number of piperazine rings is 1. The molecule has 1 unspecified atom stereocenters. The highest BCUT2D eigenvalue weighted by Gasteiger charge is 2.45. The normalized spacial score (nSPS) is 22.3. The molecule has 0 saturated carbocycles. The molecule has 0 spiro atoms. The van der Waals surface area contributed by atoms with Crippen LogP contribution in [0.25, 0.3) is 11.3 Å². The third-order valence-corrected chi connectivity index (χ3v) is 8.24. The molecule has 2 saturated heterocycles. The Hall–Kier alpha value is -3.11. The fourth-order valence-corrected chi connectivity index (χ4v) is 6.14. The quantitative estimate of drug-likeness (QED) is 0.572. The Morgan fingerprint density at radius 2 is 2.03 bits per heavy atom. The number of aromatic nitrogens is 1. The molecule has 9 nitrogen and oxygen atoms in total. The number of fused-ring (bicyclic) bond motifs is 2. The van der Waals surface area contributed by atoms with Gasteiger partial charge in [-0.25, -0.2) is 9.37 Å². The number of hydrogen-bond acceptors (Lipinski definition) is 7. The van der Waals surface area contributed by atoms with E-state index in [-0.39, 0.29) is 64.1 Å². The lowest BCUT2D eigenvalue weighted by Crippen LogP contribution is -2.57. The van der Waals surface area contributed by atoms with Crippen LogP contribution in [0.15, 0.2) is 18.2 Å². The molecule has 2 aromatic rings. The van der Waals surface area contributed by atoms with Crippen molar-refractivity contribution in [1.82, 2.24) is 14.8 Å². The second-order valence-electron chi connectivity index (χ2n) is 11.1. The van der Waals surface area contributed by atoms with Crippen LogP contribution in [-0.2, 0) is 4.79 Å². The summed E-state index contributed by atoms with van der Waals surface area (Å²) in [6.07, 6.45) is 1.95. The van der Waals surface area contributed by atoms with Gasteiger partial charge in [0, 0.05) is 38.1 Å². The average Bonchev–Trinajstić information content (AvgIpc) is 3.08. The highest BCUT2D eigenvalue weighted by molar-refractivity contribution is 6.35. The van der Waals surface area contributed by atoms with Crippen LogP contribution in [0.4, 0.5) is 10.2 Å². The van der Waals surface area contributed by atoms with E-state index in [4.69, 9.17) is 16.3 Å². The molecule has 3 aliphatic heterocycles. The molecule has 2 fully saturated rings. The third kappa shape index (κ3) is 4.89. The summed E-state index contributed by atoms with van der Waals surface area (Å²) >= 11 is 6.79. The highest BCUT2D eigenvalue weighted by atomic mass is 35.5. The molecule has 1 aromatic heterocycles. The van der Waals surface area contributed by atoms with Gasteiger partial charge in [-0.3, -0.25) is 9.59 Å². The van der Waals surface area contributed by atoms with Crippen LogP contribution in [0.3, 0.4) is 0 Å². The van der Waals surface area contributed by atoms with E-state index in [1.54, 1.807) is 9.80 Å². The number of hydrogen-bond donors (Lipinski definition) is 2. The number of rotatable bonds is 5. The first kappa shape index (κ1) is 27.5. The third-order valence-electron chi connectivity index (χ3n) is 7.89. The van der Waals surface area contributed by atoms with Crippen molar-refractivity contribution in [1.29, 1.82) is 0 Å². The summed E-state index contributed by atoms with van der Waals surface area (Å²) in [6, 6.07) is 3.49. The number of unbranched alkanes of at least 4 members (excludes halogenated alkanes) is 1. The van der Waals surface area contributed by atoms with Gasteiger partial charge in [0.2, 0.25) is 5.91 Å². The van der Waals surface area contributed by atoms with Gasteiger partial charge in [0.25, 0.3) is 5.91 Å². The van der Waals surface area contributed by atoms with Gasteiger partial charge in [0.15, 0.2) is 5.75 Å². The van der Waals surface area contributed by atoms with E-state index in [2.05, 4.69) is 4.98 Å². The number of aliphatic hydroxyl groups is 1. The van der Waals surface area contributed by atoms with Crippen molar-refractivity contribution in [2.75, 3.05) is 37.7 Å². The van der Waals surface area contributed by atoms with Gasteiger partial charge in [-0.15, -0.1) is 0 Å². The number of carbonyl (C=O) groups excluding carboxylic acids is 2. The maximum absolute atomic E-state index is 15.0. The first-order valence-electron chi connectivity index (χ1n) is 13.4. The molecule has 39 heavy (non-hydrogen) atoms. The van der Waals surface area contributed by atoms with Crippen LogP contribution in [0, 0.1) is 5.82 Å². The number of ether oxygens (including phenoxy) is 1. The molecular weight excluding hydrogens is 527 g/mol. The standard InChI is InChI=1S/C28H34ClFN4O5/c1-4-5-9-20(37)32-10-11-33-16(13-32)15-39-25-22(27(33)38)26(34-14-17(35)12-28(34,2)3)31-24(23(25)29)21-18(30)7-6-8-19(21)36/h6-8,16-17,35-36H,4-5,9-15H2,1-3H3/t16-,17?/m1/s1. The molecule has 210 valence electrons. The molecule has 5 rings (SSSR count). The topological polar surface area (TPSA) is 106 Å². The van der Waals surface area contributed by atoms with E-state index in [1.165, 1.54) is 18.2 Å². The van der Waals surface area contributed by atoms with Crippen molar-refractivity contribution in [2.45, 2.75) is 64.1 Å². The zero-order chi connectivity index (χ0) is 28.1. The Morgan fingerprint density at radius 3 is 2.69 bits per heavy atom. The number of aromatic hydroxyl groups is 1. The van der Waals surface area contributed by atoms with Gasteiger partial charge < -0.3 is 29.6 Å². The Labute approximate surface area is 232 Å². The molecule has 2 N–H and O–H groups in total. The molecule has 3 aliphatic rings. The summed E-state index contributed by atoms with van der Waals surface area (Å²) in [4.78, 5) is 36.9. The summed E-state index contributed by atoms with van der Waals surface area (Å²) in [5.41, 5.74) is -0.703. The largest absolute Gasteiger partial charge is 0.507 e. The van der Waals surface area contributed by atoms with Crippen LogP contribution in [0.2, 0.25) is 5.02 Å². The van der Waals surface area contributed by atoms with Gasteiger partial charge in [-0.1, -0.05) is 31.0 Å². The highest BCUT2D eigenvalue weighted by Crippen LogP contribution is 2.48. The van der Waals surface area contributed by atoms with Gasteiger partial charge in [0.05, 0.1) is 17.7 Å². The molecule has 2 amide bonds. The van der Waals surface area contributed by atoms with Crippen molar-refractivity contribution in [3.63, 3.8) is 0 Å². The Morgan fingerprint density at radius 1 is 1.26 bits per heavy atom. The lowest BCUT2D eigenvalue weighted by atomic mass is 10.00. The Kier molecular flexibility index (Phi) is 7.37. The Balaban J connectivity index is 1.62. The molecule has 4 heterocycles. The van der Waals surface area contributed by atoms with Gasteiger partial charge in [0.1, 0.15) is 40.3 Å². The van der Waals surface area contributed by atoms with E-state index in [1.807, 2.05) is 25.7 Å². The van der Waals surface area contributed by atoms with Crippen LogP contribution in [0.1, 0.15) is 56.8 Å². The minimum atomic E-state index is -0.727. The number of aliphatic hydroxyl groups excluding tert-OH is 1. The predicted molar refractivity (Wildman–Crippen MR) is 145 cm³/mol. The fraction of sp³-hybridized carbons (Fsp3) is 0.536. The van der Waals surface area contributed by atoms with Crippen molar-refractivity contribution in [2.24, 2.45) is 0 Å².